The molecule has 3 aliphatic heterocycles. The van der Waals surface area contributed by atoms with Crippen LogP contribution in [0.3, 0.4) is 0 Å². The van der Waals surface area contributed by atoms with Gasteiger partial charge in [0.25, 0.3) is 5.91 Å². The number of nitrogens with two attached hydrogens (primary N) is 1. The van der Waals surface area contributed by atoms with Crippen molar-refractivity contribution in [1.82, 2.24) is 19.9 Å². The molecule has 4 aliphatic rings. The Morgan fingerprint density at radius 2 is 1.78 bits per heavy atom. The maximum atomic E-state index is 12.8. The molecule has 5 heterocycles. The zero-order valence-corrected chi connectivity index (χ0v) is 27.7. The maximum Gasteiger partial charge on any atom is 0.271 e. The monoisotopic (exact) mass is 623 g/mol. The molecule has 3 aromatic rings. The Morgan fingerprint density at radius 3 is 2.48 bits per heavy atom. The van der Waals surface area contributed by atoms with Gasteiger partial charge >= 0.3 is 0 Å². The Labute approximate surface area is 273 Å². The number of aromatic nitrogens is 3. The average molecular weight is 624 g/mol. The van der Waals surface area contributed by atoms with Gasteiger partial charge in [0.05, 0.1) is 17.0 Å². The van der Waals surface area contributed by atoms with Gasteiger partial charge in [0.15, 0.2) is 11.5 Å². The third-order valence-corrected chi connectivity index (χ3v) is 10.9. The number of hydrogen-bond donors (Lipinski definition) is 2. The number of rotatable bonds is 8. The van der Waals surface area contributed by atoms with Crippen LogP contribution in [-0.2, 0) is 11.2 Å². The van der Waals surface area contributed by atoms with Crippen molar-refractivity contribution in [3.05, 3.63) is 59.0 Å². The molecule has 4 fully saturated rings. The van der Waals surface area contributed by atoms with Crippen LogP contribution in [-0.4, -0.2) is 70.2 Å². The lowest BCUT2D eigenvalue weighted by Crippen LogP contribution is -2.47. The fourth-order valence-electron chi connectivity index (χ4n) is 7.95. The van der Waals surface area contributed by atoms with Crippen molar-refractivity contribution in [2.24, 2.45) is 17.6 Å². The van der Waals surface area contributed by atoms with E-state index in [0.717, 1.165) is 80.4 Å². The summed E-state index contributed by atoms with van der Waals surface area (Å²) in [6.45, 7) is 12.0. The highest BCUT2D eigenvalue weighted by Gasteiger charge is 2.47. The van der Waals surface area contributed by atoms with Gasteiger partial charge in [0.1, 0.15) is 5.69 Å². The van der Waals surface area contributed by atoms with Gasteiger partial charge in [-0.15, -0.1) is 0 Å². The third kappa shape index (κ3) is 6.63. The average Bonchev–Trinajstić information content (AvgIpc) is 3.79. The Balaban J connectivity index is 1.12. The second-order valence-electron chi connectivity index (χ2n) is 14.4. The number of piperidine rings is 2. The number of carbonyl (C=O) groups is 1. The number of hydrogen-bond acceptors (Lipinski definition) is 8. The van der Waals surface area contributed by atoms with Crippen LogP contribution < -0.4 is 16.0 Å². The van der Waals surface area contributed by atoms with Crippen molar-refractivity contribution >= 4 is 23.1 Å². The largest absolute Gasteiger partial charge is 0.375 e. The van der Waals surface area contributed by atoms with Crippen molar-refractivity contribution in [2.75, 3.05) is 43.0 Å². The van der Waals surface area contributed by atoms with Gasteiger partial charge in [-0.2, -0.15) is 0 Å². The molecule has 1 aliphatic carbocycles. The van der Waals surface area contributed by atoms with E-state index in [0.29, 0.717) is 23.5 Å². The van der Waals surface area contributed by atoms with Crippen molar-refractivity contribution in [3.63, 3.8) is 0 Å². The highest BCUT2D eigenvalue weighted by atomic mass is 16.5. The maximum absolute atomic E-state index is 12.8. The first-order valence-corrected chi connectivity index (χ1v) is 17.4. The van der Waals surface area contributed by atoms with Crippen LogP contribution in [0.2, 0.25) is 0 Å². The molecule has 1 saturated carbocycles. The minimum absolute atomic E-state index is 0.0620. The summed E-state index contributed by atoms with van der Waals surface area (Å²) in [6, 6.07) is 11.1. The minimum atomic E-state index is -0.612. The standard InChI is InChI=1S/C37H49N7O2/c1-24-8-16-43(17-9-24)29-10-18-44(19-11-29)31-7-6-28(21-26(31)3)40-36-34(35(38)45)42-33(32-25(2)5-4-15-39-32)30(41-36)22-27-12-20-46-37(23-27)13-14-37/h4-7,15,21,24,27,29H,8-14,16-20,22-23H2,1-3H3,(H2,38,45)(H,40,41). The Hall–Kier alpha value is -3.56. The summed E-state index contributed by atoms with van der Waals surface area (Å²) in [6.07, 6.45) is 11.9. The van der Waals surface area contributed by atoms with E-state index >= 15 is 0 Å². The van der Waals surface area contributed by atoms with E-state index < -0.39 is 5.91 Å². The quantitative estimate of drug-likeness (QED) is 0.305. The van der Waals surface area contributed by atoms with Gasteiger partial charge in [-0.1, -0.05) is 13.0 Å². The normalized spacial score (nSPS) is 22.2. The van der Waals surface area contributed by atoms with Crippen LogP contribution in [0.4, 0.5) is 17.2 Å². The lowest BCUT2D eigenvalue weighted by atomic mass is 9.89. The summed E-state index contributed by atoms with van der Waals surface area (Å²) < 4.78 is 6.11. The van der Waals surface area contributed by atoms with E-state index in [1.165, 1.54) is 50.0 Å². The number of benzene rings is 1. The minimum Gasteiger partial charge on any atom is -0.375 e. The molecule has 3 saturated heterocycles. The lowest BCUT2D eigenvalue weighted by Gasteiger charge is -2.42. The number of carbonyl (C=O) groups excluding carboxylic acids is 1. The first-order valence-electron chi connectivity index (χ1n) is 17.4. The first-order chi connectivity index (χ1) is 22.3. The highest BCUT2D eigenvalue weighted by Crippen LogP contribution is 2.49. The first kappa shape index (κ1) is 31.1. The van der Waals surface area contributed by atoms with Crippen LogP contribution in [0, 0.1) is 25.7 Å². The molecular weight excluding hydrogens is 574 g/mol. The van der Waals surface area contributed by atoms with E-state index in [4.69, 9.17) is 20.4 Å². The number of nitrogens with one attached hydrogen (secondary N) is 1. The van der Waals surface area contributed by atoms with Crippen LogP contribution in [0.1, 0.15) is 85.6 Å². The van der Waals surface area contributed by atoms with E-state index in [2.05, 4.69) is 52.1 Å². The molecule has 3 N–H and O–H groups in total. The summed E-state index contributed by atoms with van der Waals surface area (Å²) in [5, 5.41) is 3.43. The predicted molar refractivity (Wildman–Crippen MR) is 183 cm³/mol. The number of primary amides is 1. The van der Waals surface area contributed by atoms with Gasteiger partial charge in [-0.05, 0) is 132 Å². The second kappa shape index (κ2) is 12.9. The highest BCUT2D eigenvalue weighted by molar-refractivity contribution is 5.97. The topological polar surface area (TPSA) is 110 Å². The molecule has 1 atom stereocenters. The third-order valence-electron chi connectivity index (χ3n) is 10.9. The van der Waals surface area contributed by atoms with Crippen molar-refractivity contribution in [1.29, 1.82) is 0 Å². The molecule has 0 radical (unpaired) electrons. The summed E-state index contributed by atoms with van der Waals surface area (Å²) in [5.41, 5.74) is 12.7. The zero-order valence-electron chi connectivity index (χ0n) is 27.7. The van der Waals surface area contributed by atoms with E-state index in [1.54, 1.807) is 6.20 Å². The molecule has 9 heteroatoms. The molecule has 7 rings (SSSR count). The summed E-state index contributed by atoms with van der Waals surface area (Å²) in [4.78, 5) is 32.7. The molecular formula is C37H49N7O2. The molecule has 9 nitrogen and oxygen atoms in total. The van der Waals surface area contributed by atoms with Crippen LogP contribution >= 0.6 is 0 Å². The van der Waals surface area contributed by atoms with E-state index in [1.807, 2.05) is 19.1 Å². The molecule has 1 amide bonds. The summed E-state index contributed by atoms with van der Waals surface area (Å²) >= 11 is 0. The number of nitrogens with zero attached hydrogens (tertiary/aromatic N) is 5. The van der Waals surface area contributed by atoms with Crippen molar-refractivity contribution in [3.8, 4) is 11.4 Å². The van der Waals surface area contributed by atoms with Gasteiger partial charge in [-0.3, -0.25) is 9.78 Å². The number of likely N-dealkylation sites (tertiary alicyclic amines) is 1. The predicted octanol–water partition coefficient (Wildman–Crippen LogP) is 6.20. The van der Waals surface area contributed by atoms with Crippen LogP contribution in [0.25, 0.3) is 11.4 Å². The van der Waals surface area contributed by atoms with Crippen LogP contribution in [0.5, 0.6) is 0 Å². The zero-order chi connectivity index (χ0) is 31.8. The van der Waals surface area contributed by atoms with E-state index in [9.17, 15) is 4.79 Å². The Bertz CT molecular complexity index is 1570. The molecule has 1 spiro atoms. The molecule has 1 aromatic carbocycles. The van der Waals surface area contributed by atoms with Gasteiger partial charge in [-0.25, -0.2) is 9.97 Å². The second-order valence-corrected chi connectivity index (χ2v) is 14.4. The molecule has 244 valence electrons. The van der Waals surface area contributed by atoms with Crippen LogP contribution in [0.15, 0.2) is 36.5 Å². The van der Waals surface area contributed by atoms with Gasteiger partial charge in [0.2, 0.25) is 0 Å². The fraction of sp³-hybridized carbons (Fsp3) is 0.568. The van der Waals surface area contributed by atoms with Crippen molar-refractivity contribution < 1.29 is 9.53 Å². The molecule has 2 aromatic heterocycles. The summed E-state index contributed by atoms with van der Waals surface area (Å²) in [5.74, 6) is 1.09. The van der Waals surface area contributed by atoms with E-state index in [-0.39, 0.29) is 11.3 Å². The number of anilines is 3. The SMILES string of the molecule is Cc1cc(Nc2nc(CC3CCOC4(CC4)C3)c(-c3ncccc3C)nc2C(N)=O)ccc1N1CCC(N2CCC(C)CC2)CC1. The van der Waals surface area contributed by atoms with Gasteiger partial charge < -0.3 is 25.6 Å². The lowest BCUT2D eigenvalue weighted by molar-refractivity contribution is -0.0280. The summed E-state index contributed by atoms with van der Waals surface area (Å²) in [7, 11) is 0. The fourth-order valence-corrected chi connectivity index (χ4v) is 7.95. The number of pyridine rings is 1. The Kier molecular flexibility index (Phi) is 8.72. The molecule has 0 bridgehead atoms. The molecule has 46 heavy (non-hydrogen) atoms. The van der Waals surface area contributed by atoms with Crippen molar-refractivity contribution in [2.45, 2.75) is 90.2 Å². The number of amides is 1. The Morgan fingerprint density at radius 1 is 1.00 bits per heavy atom. The number of aryl methyl sites for hydroxylation is 2. The van der Waals surface area contributed by atoms with Gasteiger partial charge in [0, 0.05) is 43.3 Å². The number of ether oxygens (including phenoxy) is 1. The smallest absolute Gasteiger partial charge is 0.271 e. The molecule has 1 unspecified atom stereocenters.